The Labute approximate surface area is 115 Å². The molecule has 1 aromatic heterocycles. The van der Waals surface area contributed by atoms with Gasteiger partial charge in [-0.05, 0) is 30.4 Å². The Balaban J connectivity index is 2.33. The van der Waals surface area contributed by atoms with Crippen LogP contribution in [0.2, 0.25) is 0 Å². The number of ketones is 1. The normalized spacial score (nSPS) is 12.1. The van der Waals surface area contributed by atoms with Gasteiger partial charge in [-0.1, -0.05) is 32.9 Å². The molecular weight excluding hydrogens is 234 g/mol. The van der Waals surface area contributed by atoms with Gasteiger partial charge in [-0.15, -0.1) is 0 Å². The van der Waals surface area contributed by atoms with Crippen molar-refractivity contribution in [3.8, 4) is 0 Å². The molecule has 0 aliphatic carbocycles. The van der Waals surface area contributed by atoms with Crippen molar-refractivity contribution in [2.24, 2.45) is 12.5 Å². The molecule has 0 aliphatic rings. The van der Waals surface area contributed by atoms with Gasteiger partial charge in [0.15, 0.2) is 5.78 Å². The highest BCUT2D eigenvalue weighted by Crippen LogP contribution is 2.26. The lowest BCUT2D eigenvalue weighted by molar-refractivity contribution is 0.0967. The van der Waals surface area contributed by atoms with Crippen molar-refractivity contribution in [2.75, 3.05) is 0 Å². The van der Waals surface area contributed by atoms with Gasteiger partial charge in [-0.25, -0.2) is 0 Å². The molecule has 2 aromatic rings. The van der Waals surface area contributed by atoms with E-state index in [2.05, 4.69) is 45.9 Å². The largest absolute Gasteiger partial charge is 0.350 e. The third kappa shape index (κ3) is 3.06. The van der Waals surface area contributed by atoms with E-state index in [9.17, 15) is 4.79 Å². The van der Waals surface area contributed by atoms with Crippen LogP contribution in [0.15, 0.2) is 24.4 Å². The molecular formula is C17H23NO. The number of aromatic nitrogens is 1. The maximum absolute atomic E-state index is 12.4. The Bertz CT molecular complexity index is 614. The molecule has 0 fully saturated rings. The summed E-state index contributed by atoms with van der Waals surface area (Å²) in [5.41, 5.74) is 3.43. The van der Waals surface area contributed by atoms with Crippen LogP contribution < -0.4 is 0 Å². The van der Waals surface area contributed by atoms with Crippen molar-refractivity contribution in [3.05, 3.63) is 35.5 Å². The van der Waals surface area contributed by atoms with E-state index < -0.39 is 0 Å². The first-order valence-corrected chi connectivity index (χ1v) is 6.87. The Morgan fingerprint density at radius 3 is 2.58 bits per heavy atom. The van der Waals surface area contributed by atoms with Crippen molar-refractivity contribution in [1.82, 2.24) is 4.57 Å². The van der Waals surface area contributed by atoms with Crippen LogP contribution in [0.5, 0.6) is 0 Å². The average molecular weight is 257 g/mol. The highest BCUT2D eigenvalue weighted by molar-refractivity contribution is 6.08. The summed E-state index contributed by atoms with van der Waals surface area (Å²) in [7, 11) is 2.00. The Hall–Kier alpha value is -1.57. The molecule has 0 amide bonds. The predicted molar refractivity (Wildman–Crippen MR) is 80.7 cm³/mol. The monoisotopic (exact) mass is 257 g/mol. The Morgan fingerprint density at radius 1 is 1.26 bits per heavy atom. The molecule has 2 heteroatoms. The number of Topliss-reactive ketones (excluding diaryl/α,β-unsaturated/α-hetero) is 1. The van der Waals surface area contributed by atoms with Gasteiger partial charge in [0.25, 0.3) is 0 Å². The van der Waals surface area contributed by atoms with Gasteiger partial charge in [-0.2, -0.15) is 0 Å². The number of fused-ring (bicyclic) bond motifs is 1. The quantitative estimate of drug-likeness (QED) is 0.742. The second-order valence-electron chi connectivity index (χ2n) is 6.66. The third-order valence-electron chi connectivity index (χ3n) is 3.55. The van der Waals surface area contributed by atoms with Crippen molar-refractivity contribution in [1.29, 1.82) is 0 Å². The van der Waals surface area contributed by atoms with Gasteiger partial charge >= 0.3 is 0 Å². The summed E-state index contributed by atoms with van der Waals surface area (Å²) >= 11 is 0. The fourth-order valence-corrected chi connectivity index (χ4v) is 2.34. The van der Waals surface area contributed by atoms with Gasteiger partial charge in [0, 0.05) is 36.1 Å². The van der Waals surface area contributed by atoms with Crippen LogP contribution in [0.1, 0.15) is 49.5 Å². The first-order chi connectivity index (χ1) is 8.78. The van der Waals surface area contributed by atoms with Crippen LogP contribution in [-0.2, 0) is 7.05 Å². The lowest BCUT2D eigenvalue weighted by atomic mass is 9.88. The fraction of sp³-hybridized carbons (Fsp3) is 0.471. The van der Waals surface area contributed by atoms with Crippen LogP contribution in [0.25, 0.3) is 10.9 Å². The molecule has 0 spiro atoms. The van der Waals surface area contributed by atoms with Crippen LogP contribution in [0.3, 0.4) is 0 Å². The molecule has 19 heavy (non-hydrogen) atoms. The fourth-order valence-electron chi connectivity index (χ4n) is 2.34. The number of aryl methyl sites for hydroxylation is 2. The summed E-state index contributed by atoms with van der Waals surface area (Å²) in [6.07, 6.45) is 3.51. The minimum absolute atomic E-state index is 0.205. The highest BCUT2D eigenvalue weighted by Gasteiger charge is 2.17. The third-order valence-corrected chi connectivity index (χ3v) is 3.55. The summed E-state index contributed by atoms with van der Waals surface area (Å²) in [5.74, 6) is 0.254. The zero-order chi connectivity index (χ0) is 14.2. The van der Waals surface area contributed by atoms with Crippen molar-refractivity contribution >= 4 is 16.7 Å². The van der Waals surface area contributed by atoms with E-state index in [1.807, 2.05) is 17.8 Å². The molecule has 1 heterocycles. The summed E-state index contributed by atoms with van der Waals surface area (Å²) < 4.78 is 2.05. The number of hydrogen-bond acceptors (Lipinski definition) is 1. The molecule has 0 atom stereocenters. The van der Waals surface area contributed by atoms with E-state index in [4.69, 9.17) is 0 Å². The molecule has 0 bridgehead atoms. The van der Waals surface area contributed by atoms with E-state index in [1.165, 1.54) is 5.56 Å². The summed E-state index contributed by atoms with van der Waals surface area (Å²) in [4.78, 5) is 12.4. The lowest BCUT2D eigenvalue weighted by Gasteiger charge is -2.16. The molecule has 0 unspecified atom stereocenters. The van der Waals surface area contributed by atoms with E-state index >= 15 is 0 Å². The van der Waals surface area contributed by atoms with E-state index in [0.29, 0.717) is 6.42 Å². The number of carbonyl (C=O) groups excluding carboxylic acids is 1. The van der Waals surface area contributed by atoms with E-state index in [1.54, 1.807) is 0 Å². The van der Waals surface area contributed by atoms with Crippen molar-refractivity contribution < 1.29 is 4.79 Å². The number of nitrogens with zero attached hydrogens (tertiary/aromatic N) is 1. The maximum atomic E-state index is 12.4. The summed E-state index contributed by atoms with van der Waals surface area (Å²) in [6, 6.07) is 6.27. The number of carbonyl (C=O) groups is 1. The molecule has 0 saturated heterocycles. The van der Waals surface area contributed by atoms with Crippen LogP contribution >= 0.6 is 0 Å². The smallest absolute Gasteiger partial charge is 0.165 e. The van der Waals surface area contributed by atoms with Gasteiger partial charge in [0.1, 0.15) is 0 Å². The minimum Gasteiger partial charge on any atom is -0.350 e. The molecule has 0 saturated carbocycles. The van der Waals surface area contributed by atoms with Crippen molar-refractivity contribution in [2.45, 2.75) is 40.5 Å². The number of benzene rings is 1. The van der Waals surface area contributed by atoms with Gasteiger partial charge < -0.3 is 4.57 Å². The van der Waals surface area contributed by atoms with Gasteiger partial charge in [0.2, 0.25) is 0 Å². The second kappa shape index (κ2) is 4.84. The zero-order valence-corrected chi connectivity index (χ0v) is 12.6. The molecule has 2 nitrogen and oxygen atoms in total. The summed E-state index contributed by atoms with van der Waals surface area (Å²) in [5, 5.41) is 1.08. The molecule has 1 aromatic carbocycles. The Morgan fingerprint density at radius 2 is 1.95 bits per heavy atom. The van der Waals surface area contributed by atoms with E-state index in [-0.39, 0.29) is 11.2 Å². The highest BCUT2D eigenvalue weighted by atomic mass is 16.1. The SMILES string of the molecule is Cc1ccc2c(C(=O)CCC(C)(C)C)cn(C)c2c1. The predicted octanol–water partition coefficient (Wildman–Crippen LogP) is 4.50. The molecule has 102 valence electrons. The molecule has 0 radical (unpaired) electrons. The Kier molecular flexibility index (Phi) is 3.53. The summed E-state index contributed by atoms with van der Waals surface area (Å²) in [6.45, 7) is 8.60. The standard InChI is InChI=1S/C17H23NO/c1-12-6-7-13-14(11-18(5)15(13)10-12)16(19)8-9-17(2,3)4/h6-7,10-11H,8-9H2,1-5H3. The van der Waals surface area contributed by atoms with Crippen LogP contribution in [0, 0.1) is 12.3 Å². The number of rotatable bonds is 3. The first kappa shape index (κ1) is 13.9. The number of hydrogen-bond donors (Lipinski definition) is 0. The zero-order valence-electron chi connectivity index (χ0n) is 12.6. The van der Waals surface area contributed by atoms with Crippen LogP contribution in [0.4, 0.5) is 0 Å². The average Bonchev–Trinajstić information content (AvgIpc) is 2.63. The van der Waals surface area contributed by atoms with E-state index in [0.717, 1.165) is 22.9 Å². The van der Waals surface area contributed by atoms with Gasteiger partial charge in [0.05, 0.1) is 0 Å². The van der Waals surface area contributed by atoms with Crippen LogP contribution in [-0.4, -0.2) is 10.4 Å². The maximum Gasteiger partial charge on any atom is 0.165 e. The topological polar surface area (TPSA) is 22.0 Å². The van der Waals surface area contributed by atoms with Gasteiger partial charge in [-0.3, -0.25) is 4.79 Å². The molecule has 0 aliphatic heterocycles. The minimum atomic E-state index is 0.205. The van der Waals surface area contributed by atoms with Crippen molar-refractivity contribution in [3.63, 3.8) is 0 Å². The molecule has 2 rings (SSSR count). The molecule has 0 N–H and O–H groups in total. The second-order valence-corrected chi connectivity index (χ2v) is 6.66. The first-order valence-electron chi connectivity index (χ1n) is 6.87. The lowest BCUT2D eigenvalue weighted by Crippen LogP contribution is -2.09.